The molecule has 1 aliphatic rings. The van der Waals surface area contributed by atoms with Crippen molar-refractivity contribution in [2.45, 2.75) is 52.3 Å². The zero-order chi connectivity index (χ0) is 24.9. The van der Waals surface area contributed by atoms with Gasteiger partial charge >= 0.3 is 11.9 Å². The number of ether oxygens (including phenoxy) is 1. The van der Waals surface area contributed by atoms with Crippen LogP contribution in [0.25, 0.3) is 0 Å². The molecule has 1 saturated heterocycles. The molecule has 0 bridgehead atoms. The van der Waals surface area contributed by atoms with Crippen molar-refractivity contribution in [2.75, 3.05) is 18.1 Å². The third kappa shape index (κ3) is 5.94. The fraction of sp³-hybridized carbons (Fsp3) is 0.423. The van der Waals surface area contributed by atoms with Crippen LogP contribution in [0.4, 0.5) is 5.69 Å². The maximum atomic E-state index is 13.1. The zero-order valence-electron chi connectivity index (χ0n) is 19.8. The molecule has 8 nitrogen and oxygen atoms in total. The Morgan fingerprint density at radius 1 is 1.15 bits per heavy atom. The predicted octanol–water partition coefficient (Wildman–Crippen LogP) is 3.23. The summed E-state index contributed by atoms with van der Waals surface area (Å²) in [7, 11) is 0. The highest BCUT2D eigenvalue weighted by Crippen LogP contribution is 2.31. The van der Waals surface area contributed by atoms with Crippen LogP contribution in [0.5, 0.6) is 0 Å². The number of carbonyl (C=O) groups excluding carboxylic acids is 2. The van der Waals surface area contributed by atoms with E-state index < -0.39 is 29.9 Å². The summed E-state index contributed by atoms with van der Waals surface area (Å²) in [5, 5.41) is 22.1. The van der Waals surface area contributed by atoms with Gasteiger partial charge in [-0.3, -0.25) is 4.79 Å². The second-order valence-electron chi connectivity index (χ2n) is 9.56. The molecule has 2 atom stereocenters. The van der Waals surface area contributed by atoms with Gasteiger partial charge in [0.15, 0.2) is 0 Å². The van der Waals surface area contributed by atoms with Gasteiger partial charge in [-0.05, 0) is 42.0 Å². The minimum absolute atomic E-state index is 0.0501. The number of nitrogens with one attached hydrogen (secondary N) is 1. The molecule has 0 unspecified atom stereocenters. The average Bonchev–Trinajstić information content (AvgIpc) is 3.30. The fourth-order valence-electron chi connectivity index (χ4n) is 3.98. The number of carboxylic acid groups (broad SMARTS) is 1. The minimum atomic E-state index is -0.959. The molecule has 0 radical (unpaired) electrons. The third-order valence-corrected chi connectivity index (χ3v) is 6.07. The zero-order valence-corrected chi connectivity index (χ0v) is 19.8. The lowest BCUT2D eigenvalue weighted by Gasteiger charge is -2.30. The Balaban J connectivity index is 1.92. The number of esters is 1. The summed E-state index contributed by atoms with van der Waals surface area (Å²) in [5.74, 6) is -2.04. The van der Waals surface area contributed by atoms with Gasteiger partial charge in [0.05, 0.1) is 23.9 Å². The van der Waals surface area contributed by atoms with Crippen molar-refractivity contribution in [1.29, 1.82) is 0 Å². The van der Waals surface area contributed by atoms with E-state index in [1.54, 1.807) is 17.0 Å². The first-order chi connectivity index (χ1) is 16.1. The number of benzene rings is 2. The van der Waals surface area contributed by atoms with Crippen molar-refractivity contribution in [3.8, 4) is 0 Å². The largest absolute Gasteiger partial charge is 0.480 e. The van der Waals surface area contributed by atoms with Crippen LogP contribution in [0.2, 0.25) is 0 Å². The van der Waals surface area contributed by atoms with Crippen molar-refractivity contribution >= 4 is 23.5 Å². The molecule has 1 fully saturated rings. The maximum Gasteiger partial charge on any atom is 0.340 e. The normalized spacial score (nSPS) is 16.7. The van der Waals surface area contributed by atoms with E-state index in [-0.39, 0.29) is 29.8 Å². The molecule has 1 aliphatic heterocycles. The topological polar surface area (TPSA) is 116 Å². The van der Waals surface area contributed by atoms with Gasteiger partial charge in [-0.2, -0.15) is 0 Å². The molecular weight excluding hydrogens is 436 g/mol. The number of anilines is 1. The van der Waals surface area contributed by atoms with Gasteiger partial charge in [0.25, 0.3) is 5.91 Å². The number of aliphatic carboxylic acids is 1. The number of hydrogen-bond acceptors (Lipinski definition) is 6. The van der Waals surface area contributed by atoms with Crippen LogP contribution < -0.4 is 10.2 Å². The lowest BCUT2D eigenvalue weighted by molar-refractivity contribution is -0.138. The van der Waals surface area contributed by atoms with E-state index >= 15 is 0 Å². The Morgan fingerprint density at radius 2 is 1.85 bits per heavy atom. The van der Waals surface area contributed by atoms with Gasteiger partial charge in [0.2, 0.25) is 0 Å². The minimum Gasteiger partial charge on any atom is -0.480 e. The molecule has 0 aromatic heterocycles. The Bertz CT molecular complexity index is 1030. The summed E-state index contributed by atoms with van der Waals surface area (Å²) >= 11 is 0. The van der Waals surface area contributed by atoms with Crippen molar-refractivity contribution in [3.63, 3.8) is 0 Å². The second-order valence-corrected chi connectivity index (χ2v) is 9.56. The van der Waals surface area contributed by atoms with Crippen molar-refractivity contribution in [2.24, 2.45) is 5.41 Å². The number of nitrogens with zero attached hydrogens (tertiary/aromatic N) is 1. The molecule has 0 saturated carbocycles. The van der Waals surface area contributed by atoms with Crippen molar-refractivity contribution < 1.29 is 29.3 Å². The van der Waals surface area contributed by atoms with E-state index in [4.69, 9.17) is 4.74 Å². The summed E-state index contributed by atoms with van der Waals surface area (Å²) in [6.45, 7) is 6.02. The van der Waals surface area contributed by atoms with Crippen LogP contribution in [-0.2, 0) is 16.1 Å². The van der Waals surface area contributed by atoms with E-state index in [0.717, 1.165) is 5.56 Å². The van der Waals surface area contributed by atoms with E-state index in [1.165, 1.54) is 6.07 Å². The summed E-state index contributed by atoms with van der Waals surface area (Å²) in [6.07, 6.45) is 1.15. The van der Waals surface area contributed by atoms with Crippen LogP contribution in [0, 0.1) is 5.41 Å². The number of hydrogen-bond donors (Lipinski definition) is 3. The van der Waals surface area contributed by atoms with Crippen LogP contribution in [-0.4, -0.2) is 53.3 Å². The third-order valence-electron chi connectivity index (χ3n) is 6.07. The number of rotatable bonds is 8. The number of aliphatic hydroxyl groups excluding tert-OH is 1. The molecule has 34 heavy (non-hydrogen) atoms. The van der Waals surface area contributed by atoms with Gasteiger partial charge in [0, 0.05) is 12.1 Å². The first kappa shape index (κ1) is 25.2. The Morgan fingerprint density at radius 3 is 2.47 bits per heavy atom. The fourth-order valence-corrected chi connectivity index (χ4v) is 3.98. The Kier molecular flexibility index (Phi) is 7.94. The lowest BCUT2D eigenvalue weighted by Crippen LogP contribution is -2.46. The molecule has 3 N–H and O–H groups in total. The van der Waals surface area contributed by atoms with Gasteiger partial charge < -0.3 is 25.2 Å². The van der Waals surface area contributed by atoms with Crippen LogP contribution in [0.15, 0.2) is 48.5 Å². The van der Waals surface area contributed by atoms with E-state index in [9.17, 15) is 24.6 Å². The molecule has 0 aliphatic carbocycles. The summed E-state index contributed by atoms with van der Waals surface area (Å²) in [6, 6.07) is 12.6. The second kappa shape index (κ2) is 10.7. The first-order valence-electron chi connectivity index (χ1n) is 11.4. The van der Waals surface area contributed by atoms with Gasteiger partial charge in [-0.15, -0.1) is 0 Å². The van der Waals surface area contributed by atoms with Crippen molar-refractivity contribution in [1.82, 2.24) is 5.32 Å². The summed E-state index contributed by atoms with van der Waals surface area (Å²) < 4.78 is 5.52. The Labute approximate surface area is 199 Å². The number of carbonyl (C=O) groups is 3. The molecule has 182 valence electrons. The molecule has 1 heterocycles. The molecule has 0 spiro atoms. The smallest absolute Gasteiger partial charge is 0.340 e. The summed E-state index contributed by atoms with van der Waals surface area (Å²) in [5.41, 5.74) is 1.23. The first-order valence-corrected chi connectivity index (χ1v) is 11.4. The highest BCUT2D eigenvalue weighted by atomic mass is 16.5. The number of amides is 1. The van der Waals surface area contributed by atoms with Crippen LogP contribution >= 0.6 is 0 Å². The number of carboxylic acids is 1. The van der Waals surface area contributed by atoms with E-state index in [0.29, 0.717) is 25.1 Å². The lowest BCUT2D eigenvalue weighted by atomic mass is 9.87. The van der Waals surface area contributed by atoms with Gasteiger partial charge in [-0.1, -0.05) is 51.1 Å². The van der Waals surface area contributed by atoms with Gasteiger partial charge in [-0.25, -0.2) is 9.59 Å². The Hall–Kier alpha value is -3.39. The molecule has 1 amide bonds. The van der Waals surface area contributed by atoms with Crippen LogP contribution in [0.3, 0.4) is 0 Å². The van der Waals surface area contributed by atoms with Crippen LogP contribution in [0.1, 0.15) is 59.9 Å². The quantitative estimate of drug-likeness (QED) is 0.509. The molecule has 2 aromatic rings. The van der Waals surface area contributed by atoms with Gasteiger partial charge in [0.1, 0.15) is 12.6 Å². The molecule has 3 rings (SSSR count). The number of aliphatic hydroxyl groups is 1. The monoisotopic (exact) mass is 468 g/mol. The molecule has 8 heteroatoms. The maximum absolute atomic E-state index is 13.1. The van der Waals surface area contributed by atoms with E-state index in [2.05, 4.69) is 5.32 Å². The van der Waals surface area contributed by atoms with Crippen molar-refractivity contribution in [3.05, 3.63) is 65.2 Å². The highest BCUT2D eigenvalue weighted by molar-refractivity contribution is 6.02. The summed E-state index contributed by atoms with van der Waals surface area (Å²) in [4.78, 5) is 39.5. The SMILES string of the molecule is CC(C)(C)[C@@H](CO)NC(=O)c1ccc(N2CCC[C@H]2C(=O)O)c(C(=O)OCc2ccccc2)c1. The predicted molar refractivity (Wildman–Crippen MR) is 128 cm³/mol. The van der Waals surface area contributed by atoms with E-state index in [1.807, 2.05) is 51.1 Å². The average molecular weight is 469 g/mol. The standard InChI is InChI=1S/C26H32N2O6/c1-26(2,3)22(15-29)27-23(30)18-11-12-20(28-13-7-10-21(28)24(31)32)19(14-18)25(33)34-16-17-8-5-4-6-9-17/h4-6,8-9,11-12,14,21-22,29H,7,10,13,15-16H2,1-3H3,(H,27,30)(H,31,32)/t21-,22+/m0/s1. The highest BCUT2D eigenvalue weighted by Gasteiger charge is 2.34. The molecular formula is C26H32N2O6. The molecule has 2 aromatic carbocycles.